The van der Waals surface area contributed by atoms with Crippen LogP contribution < -0.4 is 4.74 Å². The highest BCUT2D eigenvalue weighted by molar-refractivity contribution is 6.17. The third-order valence-corrected chi connectivity index (χ3v) is 2.69. The summed E-state index contributed by atoms with van der Waals surface area (Å²) >= 11 is 5.61. The molecule has 92 valence electrons. The number of benzene rings is 1. The minimum Gasteiger partial charge on any atom is -0.493 e. The summed E-state index contributed by atoms with van der Waals surface area (Å²) in [6, 6.07) is 7.99. The molecule has 1 heterocycles. The SMILES string of the molecule is Cl.ClCCCCOc1cccc2cnccc12. The van der Waals surface area contributed by atoms with Gasteiger partial charge in [0.2, 0.25) is 0 Å². The molecule has 4 heteroatoms. The fourth-order valence-corrected chi connectivity index (χ4v) is 1.79. The highest BCUT2D eigenvalue weighted by Gasteiger charge is 2.00. The van der Waals surface area contributed by atoms with Crippen molar-refractivity contribution < 1.29 is 4.74 Å². The van der Waals surface area contributed by atoms with Crippen LogP contribution in [-0.4, -0.2) is 17.5 Å². The largest absolute Gasteiger partial charge is 0.493 e. The van der Waals surface area contributed by atoms with Crippen LogP contribution in [0.25, 0.3) is 10.8 Å². The molecule has 2 nitrogen and oxygen atoms in total. The van der Waals surface area contributed by atoms with E-state index in [4.69, 9.17) is 16.3 Å². The molecule has 0 atom stereocenters. The van der Waals surface area contributed by atoms with Crippen LogP contribution in [-0.2, 0) is 0 Å². The first-order valence-corrected chi connectivity index (χ1v) is 5.97. The van der Waals surface area contributed by atoms with Gasteiger partial charge < -0.3 is 4.74 Å². The van der Waals surface area contributed by atoms with E-state index >= 15 is 0 Å². The van der Waals surface area contributed by atoms with Gasteiger partial charge in [0.1, 0.15) is 5.75 Å². The van der Waals surface area contributed by atoms with Gasteiger partial charge in [0.25, 0.3) is 0 Å². The minimum absolute atomic E-state index is 0. The quantitative estimate of drug-likeness (QED) is 0.605. The van der Waals surface area contributed by atoms with E-state index in [0.717, 1.165) is 29.4 Å². The van der Waals surface area contributed by atoms with Gasteiger partial charge in [-0.3, -0.25) is 4.98 Å². The van der Waals surface area contributed by atoms with Gasteiger partial charge in [0.05, 0.1) is 6.61 Å². The van der Waals surface area contributed by atoms with Crippen LogP contribution in [0, 0.1) is 0 Å². The molecule has 0 radical (unpaired) electrons. The Morgan fingerprint density at radius 2 is 2.06 bits per heavy atom. The molecular formula is C13H15Cl2NO. The molecule has 0 aliphatic carbocycles. The molecular weight excluding hydrogens is 257 g/mol. The lowest BCUT2D eigenvalue weighted by Gasteiger charge is -2.08. The van der Waals surface area contributed by atoms with Crippen LogP contribution in [0.2, 0.25) is 0 Å². The highest BCUT2D eigenvalue weighted by atomic mass is 35.5. The molecule has 0 aliphatic heterocycles. The highest BCUT2D eigenvalue weighted by Crippen LogP contribution is 2.24. The number of hydrogen-bond acceptors (Lipinski definition) is 2. The van der Waals surface area contributed by atoms with Gasteiger partial charge in [0.15, 0.2) is 0 Å². The summed E-state index contributed by atoms with van der Waals surface area (Å²) in [5.74, 6) is 1.62. The first kappa shape index (κ1) is 14.1. The fraction of sp³-hybridized carbons (Fsp3) is 0.308. The number of alkyl halides is 1. The number of halogens is 2. The van der Waals surface area contributed by atoms with Crippen molar-refractivity contribution in [1.29, 1.82) is 0 Å². The number of pyridine rings is 1. The normalized spacial score (nSPS) is 9.94. The zero-order valence-electron chi connectivity index (χ0n) is 9.43. The van der Waals surface area contributed by atoms with E-state index < -0.39 is 0 Å². The lowest BCUT2D eigenvalue weighted by molar-refractivity contribution is 0.313. The van der Waals surface area contributed by atoms with E-state index in [9.17, 15) is 0 Å². The Kier molecular flexibility index (Phi) is 6.09. The smallest absolute Gasteiger partial charge is 0.127 e. The third kappa shape index (κ3) is 3.76. The van der Waals surface area contributed by atoms with Gasteiger partial charge in [-0.1, -0.05) is 12.1 Å². The first-order chi connectivity index (χ1) is 7.92. The van der Waals surface area contributed by atoms with Crippen LogP contribution in [0.1, 0.15) is 12.8 Å². The summed E-state index contributed by atoms with van der Waals surface area (Å²) in [5, 5.41) is 2.22. The van der Waals surface area contributed by atoms with Gasteiger partial charge in [-0.2, -0.15) is 0 Å². The predicted octanol–water partition coefficient (Wildman–Crippen LogP) is 4.05. The first-order valence-electron chi connectivity index (χ1n) is 5.43. The van der Waals surface area contributed by atoms with Crippen LogP contribution in [0.15, 0.2) is 36.7 Å². The third-order valence-electron chi connectivity index (χ3n) is 2.43. The Morgan fingerprint density at radius 1 is 1.18 bits per heavy atom. The van der Waals surface area contributed by atoms with E-state index in [2.05, 4.69) is 4.98 Å². The average molecular weight is 272 g/mol. The lowest BCUT2D eigenvalue weighted by atomic mass is 10.1. The Morgan fingerprint density at radius 3 is 2.88 bits per heavy atom. The molecule has 0 saturated carbocycles. The molecule has 0 saturated heterocycles. The van der Waals surface area contributed by atoms with Crippen LogP contribution in [0.4, 0.5) is 0 Å². The number of rotatable bonds is 5. The zero-order valence-corrected chi connectivity index (χ0v) is 11.0. The summed E-state index contributed by atoms with van der Waals surface area (Å²) in [6.07, 6.45) is 5.62. The molecule has 0 aliphatic rings. The second-order valence-corrected chi connectivity index (χ2v) is 3.98. The van der Waals surface area contributed by atoms with Crippen molar-refractivity contribution in [3.05, 3.63) is 36.7 Å². The molecule has 0 amide bonds. The van der Waals surface area contributed by atoms with E-state index in [1.165, 1.54) is 0 Å². The van der Waals surface area contributed by atoms with Gasteiger partial charge in [-0.05, 0) is 25.0 Å². The molecule has 0 N–H and O–H groups in total. The van der Waals surface area contributed by atoms with Crippen LogP contribution in [0.5, 0.6) is 5.75 Å². The van der Waals surface area contributed by atoms with E-state index in [1.807, 2.05) is 30.5 Å². The maximum absolute atomic E-state index is 5.73. The van der Waals surface area contributed by atoms with Crippen LogP contribution >= 0.6 is 24.0 Å². The molecule has 0 unspecified atom stereocenters. The molecule has 0 spiro atoms. The Bertz CT molecular complexity index is 457. The topological polar surface area (TPSA) is 22.1 Å². The molecule has 0 fully saturated rings. The second-order valence-electron chi connectivity index (χ2n) is 3.60. The van der Waals surface area contributed by atoms with E-state index in [-0.39, 0.29) is 12.4 Å². The van der Waals surface area contributed by atoms with E-state index in [1.54, 1.807) is 6.20 Å². The number of fused-ring (bicyclic) bond motifs is 1. The fourth-order valence-electron chi connectivity index (χ4n) is 1.60. The Labute approximate surface area is 112 Å². The second kappa shape index (κ2) is 7.36. The molecule has 0 bridgehead atoms. The van der Waals surface area contributed by atoms with Gasteiger partial charge in [0, 0.05) is 29.0 Å². The van der Waals surface area contributed by atoms with Crippen molar-refractivity contribution in [3.8, 4) is 5.75 Å². The summed E-state index contributed by atoms with van der Waals surface area (Å²) in [5.41, 5.74) is 0. The molecule has 1 aromatic heterocycles. The van der Waals surface area contributed by atoms with Gasteiger partial charge >= 0.3 is 0 Å². The van der Waals surface area contributed by atoms with Crippen molar-refractivity contribution >= 4 is 34.8 Å². The standard InChI is InChI=1S/C13H14ClNO.ClH/c14-7-1-2-9-16-13-5-3-4-11-10-15-8-6-12(11)13;/h3-6,8,10H,1-2,7,9H2;1H. The number of hydrogen-bond donors (Lipinski definition) is 0. The van der Waals surface area contributed by atoms with Gasteiger partial charge in [-0.25, -0.2) is 0 Å². The monoisotopic (exact) mass is 271 g/mol. The predicted molar refractivity (Wildman–Crippen MR) is 74.4 cm³/mol. The average Bonchev–Trinajstić information content (AvgIpc) is 2.35. The minimum atomic E-state index is 0. The van der Waals surface area contributed by atoms with Crippen molar-refractivity contribution in [2.24, 2.45) is 0 Å². The maximum atomic E-state index is 5.73. The Hall–Kier alpha value is -0.990. The zero-order chi connectivity index (χ0) is 11.2. The number of nitrogens with zero attached hydrogens (tertiary/aromatic N) is 1. The van der Waals surface area contributed by atoms with Crippen LogP contribution in [0.3, 0.4) is 0 Å². The molecule has 2 aromatic rings. The molecule has 17 heavy (non-hydrogen) atoms. The summed E-state index contributed by atoms with van der Waals surface area (Å²) < 4.78 is 5.73. The molecule has 1 aromatic carbocycles. The van der Waals surface area contributed by atoms with Crippen molar-refractivity contribution in [3.63, 3.8) is 0 Å². The molecule has 2 rings (SSSR count). The van der Waals surface area contributed by atoms with Crippen molar-refractivity contribution in [2.75, 3.05) is 12.5 Å². The Balaban J connectivity index is 0.00000144. The van der Waals surface area contributed by atoms with Crippen molar-refractivity contribution in [2.45, 2.75) is 12.8 Å². The van der Waals surface area contributed by atoms with E-state index in [0.29, 0.717) is 12.5 Å². The number of aromatic nitrogens is 1. The summed E-state index contributed by atoms with van der Waals surface area (Å²) in [6.45, 7) is 0.716. The van der Waals surface area contributed by atoms with Gasteiger partial charge in [-0.15, -0.1) is 24.0 Å². The summed E-state index contributed by atoms with van der Waals surface area (Å²) in [7, 11) is 0. The number of ether oxygens (including phenoxy) is 1. The maximum Gasteiger partial charge on any atom is 0.127 e. The summed E-state index contributed by atoms with van der Waals surface area (Å²) in [4.78, 5) is 4.09. The lowest BCUT2D eigenvalue weighted by Crippen LogP contribution is -1.98. The van der Waals surface area contributed by atoms with Crippen molar-refractivity contribution in [1.82, 2.24) is 4.98 Å². The number of unbranched alkanes of at least 4 members (excludes halogenated alkanes) is 1.